The third-order valence-corrected chi connectivity index (χ3v) is 4.92. The number of likely N-dealkylation sites (tertiary alicyclic amines) is 1. The minimum atomic E-state index is 0.455. The van der Waals surface area contributed by atoms with E-state index in [1.54, 1.807) is 0 Å². The predicted octanol–water partition coefficient (Wildman–Crippen LogP) is 3.01. The average Bonchev–Trinajstić information content (AvgIpc) is 2.28. The van der Waals surface area contributed by atoms with Crippen LogP contribution in [0, 0.1) is 11.8 Å². The lowest BCUT2D eigenvalue weighted by atomic mass is 9.80. The number of piperidine rings is 1. The predicted molar refractivity (Wildman–Crippen MR) is 74.0 cm³/mol. The number of rotatable bonds is 3. The highest BCUT2D eigenvalue weighted by Gasteiger charge is 2.24. The molecule has 1 saturated carbocycles. The van der Waals surface area contributed by atoms with E-state index in [-0.39, 0.29) is 0 Å². The van der Waals surface area contributed by atoms with Crippen molar-refractivity contribution in [3.63, 3.8) is 0 Å². The summed E-state index contributed by atoms with van der Waals surface area (Å²) >= 11 is 0. The van der Waals surface area contributed by atoms with Gasteiger partial charge in [-0.1, -0.05) is 26.2 Å². The van der Waals surface area contributed by atoms with E-state index < -0.39 is 0 Å². The van der Waals surface area contributed by atoms with Gasteiger partial charge in [-0.25, -0.2) is 0 Å². The molecule has 2 N–H and O–H groups in total. The van der Waals surface area contributed by atoms with E-state index in [9.17, 15) is 0 Å². The molecule has 1 aliphatic heterocycles. The summed E-state index contributed by atoms with van der Waals surface area (Å²) in [6.07, 6.45) is 9.70. The SMILES string of the molecule is CC1CCCC(CCN2CCC(N)CC2C)C1. The molecular weight excluding hydrogens is 208 g/mol. The van der Waals surface area contributed by atoms with Crippen molar-refractivity contribution in [3.05, 3.63) is 0 Å². The van der Waals surface area contributed by atoms with Crippen LogP contribution in [-0.4, -0.2) is 30.1 Å². The summed E-state index contributed by atoms with van der Waals surface area (Å²) in [5.74, 6) is 1.97. The van der Waals surface area contributed by atoms with E-state index in [0.29, 0.717) is 12.1 Å². The van der Waals surface area contributed by atoms with Crippen molar-refractivity contribution >= 4 is 0 Å². The molecule has 17 heavy (non-hydrogen) atoms. The molecule has 4 unspecified atom stereocenters. The zero-order valence-electron chi connectivity index (χ0n) is 11.7. The molecule has 2 aliphatic rings. The van der Waals surface area contributed by atoms with Gasteiger partial charge in [0.15, 0.2) is 0 Å². The summed E-state index contributed by atoms with van der Waals surface area (Å²) in [6.45, 7) is 7.31. The smallest absolute Gasteiger partial charge is 0.00816 e. The Labute approximate surface area is 107 Å². The monoisotopic (exact) mass is 238 g/mol. The van der Waals surface area contributed by atoms with Crippen molar-refractivity contribution in [1.82, 2.24) is 4.90 Å². The average molecular weight is 238 g/mol. The maximum Gasteiger partial charge on any atom is 0.00816 e. The van der Waals surface area contributed by atoms with Gasteiger partial charge in [-0.15, -0.1) is 0 Å². The van der Waals surface area contributed by atoms with E-state index in [2.05, 4.69) is 18.7 Å². The zero-order valence-corrected chi connectivity index (χ0v) is 11.7. The molecule has 2 nitrogen and oxygen atoms in total. The highest BCUT2D eigenvalue weighted by Crippen LogP contribution is 2.31. The molecule has 0 radical (unpaired) electrons. The molecule has 2 fully saturated rings. The van der Waals surface area contributed by atoms with Crippen LogP contribution in [0.25, 0.3) is 0 Å². The van der Waals surface area contributed by atoms with Gasteiger partial charge in [0.05, 0.1) is 0 Å². The fourth-order valence-corrected chi connectivity index (χ4v) is 3.76. The Hall–Kier alpha value is -0.0800. The Bertz CT molecular complexity index is 229. The molecule has 0 bridgehead atoms. The van der Waals surface area contributed by atoms with Crippen LogP contribution in [0.3, 0.4) is 0 Å². The number of nitrogens with two attached hydrogens (primary N) is 1. The molecule has 0 spiro atoms. The first-order chi connectivity index (χ1) is 8.15. The molecule has 0 aromatic carbocycles. The van der Waals surface area contributed by atoms with E-state index in [0.717, 1.165) is 11.8 Å². The molecule has 0 amide bonds. The van der Waals surface area contributed by atoms with Gasteiger partial charge >= 0.3 is 0 Å². The van der Waals surface area contributed by atoms with Gasteiger partial charge in [-0.05, 0) is 57.5 Å². The van der Waals surface area contributed by atoms with Gasteiger partial charge in [-0.2, -0.15) is 0 Å². The Morgan fingerprint density at radius 3 is 2.65 bits per heavy atom. The summed E-state index contributed by atoms with van der Waals surface area (Å²) in [6, 6.07) is 1.16. The van der Waals surface area contributed by atoms with E-state index in [4.69, 9.17) is 5.73 Å². The van der Waals surface area contributed by atoms with Gasteiger partial charge < -0.3 is 10.6 Å². The van der Waals surface area contributed by atoms with Crippen LogP contribution in [0.5, 0.6) is 0 Å². The fourth-order valence-electron chi connectivity index (χ4n) is 3.76. The molecule has 2 rings (SSSR count). The zero-order chi connectivity index (χ0) is 12.3. The van der Waals surface area contributed by atoms with Crippen LogP contribution in [0.2, 0.25) is 0 Å². The molecule has 1 heterocycles. The molecule has 4 atom stereocenters. The van der Waals surface area contributed by atoms with Gasteiger partial charge in [-0.3, -0.25) is 0 Å². The molecular formula is C15H30N2. The van der Waals surface area contributed by atoms with Crippen molar-refractivity contribution in [3.8, 4) is 0 Å². The van der Waals surface area contributed by atoms with Gasteiger partial charge in [0.25, 0.3) is 0 Å². The molecule has 1 saturated heterocycles. The largest absolute Gasteiger partial charge is 0.328 e. The first-order valence-electron chi connectivity index (χ1n) is 7.64. The lowest BCUT2D eigenvalue weighted by molar-refractivity contribution is 0.130. The maximum atomic E-state index is 6.02. The minimum Gasteiger partial charge on any atom is -0.328 e. The quantitative estimate of drug-likeness (QED) is 0.819. The second kappa shape index (κ2) is 6.19. The van der Waals surface area contributed by atoms with Crippen molar-refractivity contribution in [2.75, 3.05) is 13.1 Å². The van der Waals surface area contributed by atoms with Crippen LogP contribution in [0.15, 0.2) is 0 Å². The normalized spacial score (nSPS) is 40.4. The number of nitrogens with zero attached hydrogens (tertiary/aromatic N) is 1. The van der Waals surface area contributed by atoms with E-state index in [1.807, 2.05) is 0 Å². The first-order valence-corrected chi connectivity index (χ1v) is 7.64. The van der Waals surface area contributed by atoms with Crippen LogP contribution in [0.1, 0.15) is 58.8 Å². The second-order valence-corrected chi connectivity index (χ2v) is 6.60. The van der Waals surface area contributed by atoms with Crippen LogP contribution in [0.4, 0.5) is 0 Å². The standard InChI is InChI=1S/C15H30N2/c1-12-4-3-5-14(10-12)6-8-17-9-7-15(16)11-13(17)2/h12-15H,3-11,16H2,1-2H3. The van der Waals surface area contributed by atoms with Gasteiger partial charge in [0, 0.05) is 12.1 Å². The van der Waals surface area contributed by atoms with E-state index >= 15 is 0 Å². The fraction of sp³-hybridized carbons (Fsp3) is 1.00. The van der Waals surface area contributed by atoms with Crippen LogP contribution < -0.4 is 5.73 Å². The van der Waals surface area contributed by atoms with Crippen molar-refractivity contribution in [2.45, 2.75) is 70.9 Å². The lowest BCUT2D eigenvalue weighted by Crippen LogP contribution is -2.46. The number of hydrogen-bond acceptors (Lipinski definition) is 2. The maximum absolute atomic E-state index is 6.02. The van der Waals surface area contributed by atoms with Crippen LogP contribution >= 0.6 is 0 Å². The van der Waals surface area contributed by atoms with Gasteiger partial charge in [0.2, 0.25) is 0 Å². The third kappa shape index (κ3) is 3.96. The summed E-state index contributed by atoms with van der Waals surface area (Å²) in [5, 5.41) is 0. The summed E-state index contributed by atoms with van der Waals surface area (Å²) in [5.41, 5.74) is 6.02. The Balaban J connectivity index is 1.70. The Kier molecular flexibility index (Phi) is 4.87. The number of hydrogen-bond donors (Lipinski definition) is 1. The third-order valence-electron chi connectivity index (χ3n) is 4.92. The molecule has 0 aromatic rings. The molecule has 100 valence electrons. The molecule has 0 aromatic heterocycles. The van der Waals surface area contributed by atoms with Gasteiger partial charge in [0.1, 0.15) is 0 Å². The minimum absolute atomic E-state index is 0.455. The summed E-state index contributed by atoms with van der Waals surface area (Å²) in [7, 11) is 0. The highest BCUT2D eigenvalue weighted by atomic mass is 15.2. The van der Waals surface area contributed by atoms with E-state index in [1.165, 1.54) is 58.0 Å². The second-order valence-electron chi connectivity index (χ2n) is 6.60. The first kappa shape index (κ1) is 13.4. The Morgan fingerprint density at radius 2 is 1.94 bits per heavy atom. The Morgan fingerprint density at radius 1 is 1.12 bits per heavy atom. The lowest BCUT2D eigenvalue weighted by Gasteiger charge is -2.37. The van der Waals surface area contributed by atoms with Crippen molar-refractivity contribution in [1.29, 1.82) is 0 Å². The highest BCUT2D eigenvalue weighted by molar-refractivity contribution is 4.81. The van der Waals surface area contributed by atoms with Crippen molar-refractivity contribution in [2.24, 2.45) is 17.6 Å². The van der Waals surface area contributed by atoms with Crippen molar-refractivity contribution < 1.29 is 0 Å². The molecule has 1 aliphatic carbocycles. The summed E-state index contributed by atoms with van der Waals surface area (Å²) in [4.78, 5) is 2.67. The topological polar surface area (TPSA) is 29.3 Å². The summed E-state index contributed by atoms with van der Waals surface area (Å²) < 4.78 is 0. The molecule has 2 heteroatoms. The van der Waals surface area contributed by atoms with Crippen LogP contribution in [-0.2, 0) is 0 Å².